The zero-order chi connectivity index (χ0) is 26.5. The number of aryl methyl sites for hydroxylation is 1. The molecule has 0 aliphatic carbocycles. The molecule has 1 aliphatic rings. The molecule has 4 aromatic rings. The van der Waals surface area contributed by atoms with E-state index in [9.17, 15) is 13.5 Å². The second kappa shape index (κ2) is 11.6. The second-order valence-corrected chi connectivity index (χ2v) is 11.5. The monoisotopic (exact) mass is 553 g/mol. The lowest BCUT2D eigenvalue weighted by molar-refractivity contribution is -0.245. The fourth-order valence-electron chi connectivity index (χ4n) is 4.10. The Labute approximate surface area is 225 Å². The Morgan fingerprint density at radius 1 is 1.03 bits per heavy atom. The van der Waals surface area contributed by atoms with E-state index in [0.29, 0.717) is 28.6 Å². The highest BCUT2D eigenvalue weighted by molar-refractivity contribution is 7.99. The number of nitrogens with zero attached hydrogens (tertiary/aromatic N) is 4. The number of benzene rings is 3. The van der Waals surface area contributed by atoms with Crippen molar-refractivity contribution in [1.82, 2.24) is 20.2 Å². The van der Waals surface area contributed by atoms with E-state index in [1.165, 1.54) is 11.8 Å². The molecule has 198 valence electrons. The number of nitrogens with one attached hydrogen (secondary N) is 1. The van der Waals surface area contributed by atoms with E-state index in [1.54, 1.807) is 60.3 Å². The molecule has 0 amide bonds. The van der Waals surface area contributed by atoms with Gasteiger partial charge < -0.3 is 14.6 Å². The normalized spacial score (nSPS) is 19.8. The molecule has 2 heterocycles. The second-order valence-electron chi connectivity index (χ2n) is 8.79. The van der Waals surface area contributed by atoms with Crippen LogP contribution in [0.2, 0.25) is 0 Å². The van der Waals surface area contributed by atoms with Gasteiger partial charge in [0.05, 0.1) is 23.7 Å². The number of aliphatic hydroxyl groups is 1. The molecular formula is C26H27N5O5S2. The summed E-state index contributed by atoms with van der Waals surface area (Å²) in [6, 6.07) is 22.9. The van der Waals surface area contributed by atoms with E-state index in [2.05, 4.69) is 20.2 Å². The van der Waals surface area contributed by atoms with Crippen molar-refractivity contribution in [1.29, 1.82) is 0 Å². The Morgan fingerprint density at radius 3 is 2.53 bits per heavy atom. The molecule has 0 spiro atoms. The van der Waals surface area contributed by atoms with Crippen LogP contribution < -0.4 is 4.72 Å². The zero-order valence-electron chi connectivity index (χ0n) is 20.5. The first-order chi connectivity index (χ1) is 18.4. The summed E-state index contributed by atoms with van der Waals surface area (Å²) in [5.74, 6) is 0.597. The quantitative estimate of drug-likeness (QED) is 0.297. The minimum absolute atomic E-state index is 0.0335. The van der Waals surface area contributed by atoms with Crippen molar-refractivity contribution in [3.8, 4) is 0 Å². The zero-order valence-corrected chi connectivity index (χ0v) is 22.2. The fraction of sp³-hybridized carbons (Fsp3) is 0.269. The van der Waals surface area contributed by atoms with Crippen LogP contribution in [0.4, 0.5) is 5.69 Å². The summed E-state index contributed by atoms with van der Waals surface area (Å²) >= 11 is 1.49. The van der Waals surface area contributed by atoms with Crippen LogP contribution in [-0.2, 0) is 33.2 Å². The van der Waals surface area contributed by atoms with Crippen LogP contribution in [0.15, 0.2) is 88.9 Å². The van der Waals surface area contributed by atoms with Crippen molar-refractivity contribution >= 4 is 27.5 Å². The Morgan fingerprint density at radius 2 is 1.82 bits per heavy atom. The predicted molar refractivity (Wildman–Crippen MR) is 142 cm³/mol. The number of thioether (sulfide) groups is 1. The number of anilines is 1. The molecule has 1 aromatic heterocycles. The van der Waals surface area contributed by atoms with Gasteiger partial charge in [0.1, 0.15) is 0 Å². The summed E-state index contributed by atoms with van der Waals surface area (Å²) in [6.45, 7) is -0.0335. The van der Waals surface area contributed by atoms with Gasteiger partial charge in [0.25, 0.3) is 10.0 Å². The van der Waals surface area contributed by atoms with Crippen LogP contribution in [0.5, 0.6) is 0 Å². The molecule has 2 N–H and O–H groups in total. The highest BCUT2D eigenvalue weighted by atomic mass is 32.2. The number of tetrazole rings is 1. The first-order valence-electron chi connectivity index (χ1n) is 11.9. The van der Waals surface area contributed by atoms with Gasteiger partial charge in [-0.3, -0.25) is 4.72 Å². The molecule has 1 aliphatic heterocycles. The van der Waals surface area contributed by atoms with Gasteiger partial charge in [0, 0.05) is 30.5 Å². The molecule has 1 saturated heterocycles. The number of aromatic nitrogens is 4. The smallest absolute Gasteiger partial charge is 0.261 e. The van der Waals surface area contributed by atoms with Gasteiger partial charge in [-0.05, 0) is 45.8 Å². The van der Waals surface area contributed by atoms with Gasteiger partial charge in [-0.15, -0.1) is 5.10 Å². The maximum absolute atomic E-state index is 12.8. The van der Waals surface area contributed by atoms with E-state index >= 15 is 0 Å². The number of rotatable bonds is 9. The van der Waals surface area contributed by atoms with Crippen LogP contribution in [0.3, 0.4) is 0 Å². The summed E-state index contributed by atoms with van der Waals surface area (Å²) in [5.41, 5.74) is 2.87. The molecule has 12 heteroatoms. The number of hydrogen-bond donors (Lipinski definition) is 2. The Kier molecular flexibility index (Phi) is 8.05. The molecular weight excluding hydrogens is 526 g/mol. The van der Waals surface area contributed by atoms with E-state index < -0.39 is 16.3 Å². The highest BCUT2D eigenvalue weighted by Crippen LogP contribution is 2.39. The van der Waals surface area contributed by atoms with Crippen LogP contribution in [0.25, 0.3) is 0 Å². The summed E-state index contributed by atoms with van der Waals surface area (Å²) in [7, 11) is -1.97. The molecule has 0 saturated carbocycles. The topological polar surface area (TPSA) is 128 Å². The predicted octanol–water partition coefficient (Wildman–Crippen LogP) is 3.84. The molecule has 5 rings (SSSR count). The third-order valence-corrected chi connectivity index (χ3v) is 8.60. The van der Waals surface area contributed by atoms with Gasteiger partial charge in [0.2, 0.25) is 5.16 Å². The van der Waals surface area contributed by atoms with E-state index in [-0.39, 0.29) is 23.7 Å². The molecule has 0 radical (unpaired) electrons. The fourth-order valence-corrected chi connectivity index (χ4v) is 6.03. The van der Waals surface area contributed by atoms with Crippen molar-refractivity contribution in [2.75, 3.05) is 10.5 Å². The third-order valence-electron chi connectivity index (χ3n) is 6.06. The summed E-state index contributed by atoms with van der Waals surface area (Å²) in [4.78, 5) is 0.178. The average molecular weight is 554 g/mol. The highest BCUT2D eigenvalue weighted by Gasteiger charge is 2.33. The van der Waals surface area contributed by atoms with E-state index in [0.717, 1.165) is 11.1 Å². The van der Waals surface area contributed by atoms with Gasteiger partial charge in [0.15, 0.2) is 6.29 Å². The van der Waals surface area contributed by atoms with Crippen LogP contribution in [0.1, 0.15) is 35.5 Å². The van der Waals surface area contributed by atoms with Crippen LogP contribution >= 0.6 is 11.8 Å². The van der Waals surface area contributed by atoms with Crippen LogP contribution in [-0.4, -0.2) is 45.6 Å². The van der Waals surface area contributed by atoms with Crippen molar-refractivity contribution in [2.45, 2.75) is 41.6 Å². The van der Waals surface area contributed by atoms with Gasteiger partial charge in [-0.25, -0.2) is 13.1 Å². The Hall–Kier alpha value is -3.29. The summed E-state index contributed by atoms with van der Waals surface area (Å²) in [5, 5.41) is 21.7. The minimum atomic E-state index is -3.75. The molecule has 3 aromatic carbocycles. The average Bonchev–Trinajstić information content (AvgIpc) is 3.36. The largest absolute Gasteiger partial charge is 0.392 e. The van der Waals surface area contributed by atoms with Crippen LogP contribution in [0, 0.1) is 0 Å². The Balaban J connectivity index is 1.38. The molecule has 10 nitrogen and oxygen atoms in total. The molecule has 1 unspecified atom stereocenters. The third kappa shape index (κ3) is 6.22. The first-order valence-corrected chi connectivity index (χ1v) is 14.4. The Bertz CT molecular complexity index is 1460. The van der Waals surface area contributed by atoms with Crippen molar-refractivity contribution in [2.24, 2.45) is 7.05 Å². The lowest BCUT2D eigenvalue weighted by Gasteiger charge is -2.36. The molecule has 0 bridgehead atoms. The number of sulfonamides is 1. The van der Waals surface area contributed by atoms with Crippen molar-refractivity contribution in [3.05, 3.63) is 95.6 Å². The van der Waals surface area contributed by atoms with Gasteiger partial charge in [-0.2, -0.15) is 0 Å². The van der Waals surface area contributed by atoms with Crippen molar-refractivity contribution in [3.63, 3.8) is 0 Å². The van der Waals surface area contributed by atoms with E-state index in [1.807, 2.05) is 30.3 Å². The summed E-state index contributed by atoms with van der Waals surface area (Å²) < 4.78 is 42.6. The maximum atomic E-state index is 12.8. The van der Waals surface area contributed by atoms with Gasteiger partial charge in [-0.1, -0.05) is 66.4 Å². The maximum Gasteiger partial charge on any atom is 0.261 e. The SMILES string of the molecule is Cn1nnnc1SC[C@@H]1C[C@H](c2ccc(CO)cc2)OC(c2cccc(NS(=O)(=O)c3ccccc3)c2)O1. The number of aliphatic hydroxyl groups excluding tert-OH is 1. The van der Waals surface area contributed by atoms with E-state index in [4.69, 9.17) is 9.47 Å². The van der Waals surface area contributed by atoms with Gasteiger partial charge >= 0.3 is 0 Å². The lowest BCUT2D eigenvalue weighted by atomic mass is 10.0. The number of hydrogen-bond acceptors (Lipinski definition) is 9. The van der Waals surface area contributed by atoms with Crippen molar-refractivity contribution < 1.29 is 23.0 Å². The number of ether oxygens (including phenoxy) is 2. The standard InChI is InChI=1S/C26H27N5O5S2/c1-31-26(27-29-30-31)37-17-22-15-24(19-12-10-18(16-32)11-13-19)36-25(35-22)20-6-5-7-21(14-20)28-38(33,34)23-8-3-2-4-9-23/h2-14,22,24-25,28,32H,15-17H2,1H3/t22-,24+,25?/m0/s1. The molecule has 3 atom stereocenters. The first kappa shape index (κ1) is 26.3. The summed E-state index contributed by atoms with van der Waals surface area (Å²) in [6.07, 6.45) is -0.583. The molecule has 38 heavy (non-hydrogen) atoms. The lowest BCUT2D eigenvalue weighted by Crippen LogP contribution is -2.31. The molecule has 1 fully saturated rings. The minimum Gasteiger partial charge on any atom is -0.392 e.